The van der Waals surface area contributed by atoms with Crippen LogP contribution in [-0.4, -0.2) is 6.54 Å². The number of aryl methyl sites for hydroxylation is 1. The molecule has 0 unspecified atom stereocenters. The second-order valence-electron chi connectivity index (χ2n) is 4.42. The van der Waals surface area contributed by atoms with E-state index in [9.17, 15) is 0 Å². The third kappa shape index (κ3) is 3.42. The van der Waals surface area contributed by atoms with E-state index >= 15 is 0 Å². The molecule has 2 aromatic rings. The van der Waals surface area contributed by atoms with E-state index < -0.39 is 0 Å². The van der Waals surface area contributed by atoms with Gasteiger partial charge in [-0.15, -0.1) is 0 Å². The van der Waals surface area contributed by atoms with Crippen LogP contribution in [0.5, 0.6) is 0 Å². The highest BCUT2D eigenvalue weighted by Crippen LogP contribution is 2.12. The van der Waals surface area contributed by atoms with Crippen molar-refractivity contribution in [1.82, 2.24) is 5.32 Å². The molecule has 0 saturated heterocycles. The molecular formula is C15H19NS. The fraction of sp³-hybridized carbons (Fsp3) is 0.333. The Morgan fingerprint density at radius 1 is 1.18 bits per heavy atom. The van der Waals surface area contributed by atoms with E-state index in [0.717, 1.165) is 19.5 Å². The van der Waals surface area contributed by atoms with Crippen molar-refractivity contribution in [2.75, 3.05) is 6.54 Å². The average molecular weight is 245 g/mol. The van der Waals surface area contributed by atoms with Crippen molar-refractivity contribution in [1.29, 1.82) is 0 Å². The first-order valence-electron chi connectivity index (χ1n) is 6.04. The Hall–Kier alpha value is -1.12. The first-order valence-corrected chi connectivity index (χ1v) is 6.98. The van der Waals surface area contributed by atoms with Gasteiger partial charge in [0.1, 0.15) is 0 Å². The van der Waals surface area contributed by atoms with Crippen LogP contribution in [0.15, 0.2) is 35.0 Å². The van der Waals surface area contributed by atoms with Gasteiger partial charge in [-0.3, -0.25) is 0 Å². The lowest BCUT2D eigenvalue weighted by molar-refractivity contribution is 0.685. The lowest BCUT2D eigenvalue weighted by atomic mass is 10.0. The first-order chi connectivity index (χ1) is 8.27. The molecule has 1 nitrogen and oxygen atoms in total. The van der Waals surface area contributed by atoms with Crippen molar-refractivity contribution in [3.63, 3.8) is 0 Å². The molecule has 0 radical (unpaired) electrons. The Morgan fingerprint density at radius 2 is 2.06 bits per heavy atom. The predicted octanol–water partition coefficient (Wildman–Crippen LogP) is 3.70. The minimum atomic E-state index is 0.970. The smallest absolute Gasteiger partial charge is 0.0208 e. The molecule has 2 heteroatoms. The van der Waals surface area contributed by atoms with Crippen molar-refractivity contribution in [3.8, 4) is 0 Å². The lowest BCUT2D eigenvalue weighted by Gasteiger charge is -2.09. The minimum absolute atomic E-state index is 0.970. The molecule has 17 heavy (non-hydrogen) atoms. The zero-order chi connectivity index (χ0) is 12.1. The molecule has 0 amide bonds. The van der Waals surface area contributed by atoms with E-state index in [1.54, 1.807) is 11.3 Å². The van der Waals surface area contributed by atoms with Crippen molar-refractivity contribution in [3.05, 3.63) is 57.3 Å². The topological polar surface area (TPSA) is 12.0 Å². The molecule has 0 spiro atoms. The van der Waals surface area contributed by atoms with Crippen LogP contribution >= 0.6 is 11.3 Å². The zero-order valence-corrected chi connectivity index (χ0v) is 11.3. The molecule has 0 saturated carbocycles. The van der Waals surface area contributed by atoms with E-state index in [-0.39, 0.29) is 0 Å². The van der Waals surface area contributed by atoms with Crippen LogP contribution in [0, 0.1) is 13.8 Å². The largest absolute Gasteiger partial charge is 0.312 e. The molecule has 0 aliphatic rings. The van der Waals surface area contributed by atoms with Crippen LogP contribution in [-0.2, 0) is 13.0 Å². The van der Waals surface area contributed by atoms with Gasteiger partial charge in [0, 0.05) is 6.54 Å². The molecule has 0 bridgehead atoms. The van der Waals surface area contributed by atoms with Gasteiger partial charge in [0.2, 0.25) is 0 Å². The van der Waals surface area contributed by atoms with Crippen molar-refractivity contribution in [2.45, 2.75) is 26.8 Å². The number of benzene rings is 1. The zero-order valence-electron chi connectivity index (χ0n) is 10.5. The summed E-state index contributed by atoms with van der Waals surface area (Å²) in [7, 11) is 0. The molecule has 1 aromatic heterocycles. The molecule has 2 rings (SSSR count). The Labute approximate surface area is 108 Å². The summed E-state index contributed by atoms with van der Waals surface area (Å²) >= 11 is 1.77. The molecule has 90 valence electrons. The molecule has 0 aliphatic heterocycles. The van der Waals surface area contributed by atoms with E-state index in [1.807, 2.05) is 0 Å². The normalized spacial score (nSPS) is 10.7. The Kier molecular flexibility index (Phi) is 4.35. The van der Waals surface area contributed by atoms with Gasteiger partial charge < -0.3 is 5.32 Å². The highest BCUT2D eigenvalue weighted by Gasteiger charge is 2.00. The molecule has 1 heterocycles. The van der Waals surface area contributed by atoms with Crippen LogP contribution in [0.2, 0.25) is 0 Å². The molecule has 0 aliphatic carbocycles. The van der Waals surface area contributed by atoms with Crippen molar-refractivity contribution >= 4 is 11.3 Å². The fourth-order valence-electron chi connectivity index (χ4n) is 1.89. The first kappa shape index (κ1) is 12.3. The highest BCUT2D eigenvalue weighted by molar-refractivity contribution is 7.07. The molecule has 1 N–H and O–H groups in total. The summed E-state index contributed by atoms with van der Waals surface area (Å²) in [5.74, 6) is 0. The fourth-order valence-corrected chi connectivity index (χ4v) is 2.60. The molecular weight excluding hydrogens is 226 g/mol. The maximum absolute atomic E-state index is 3.51. The summed E-state index contributed by atoms with van der Waals surface area (Å²) in [6.07, 6.45) is 1.12. The van der Waals surface area contributed by atoms with Crippen LogP contribution in [0.3, 0.4) is 0 Å². The SMILES string of the molecule is Cc1cccc(CNCCc2ccsc2)c1C. The number of thiophene rings is 1. The maximum atomic E-state index is 3.51. The molecule has 0 fully saturated rings. The third-order valence-corrected chi connectivity index (χ3v) is 3.93. The quantitative estimate of drug-likeness (QED) is 0.792. The number of rotatable bonds is 5. The Balaban J connectivity index is 1.80. The number of hydrogen-bond acceptors (Lipinski definition) is 2. The Bertz CT molecular complexity index is 460. The molecule has 1 aromatic carbocycles. The van der Waals surface area contributed by atoms with Crippen LogP contribution in [0.4, 0.5) is 0 Å². The van der Waals surface area contributed by atoms with E-state index in [1.165, 1.54) is 22.3 Å². The Morgan fingerprint density at radius 3 is 2.82 bits per heavy atom. The van der Waals surface area contributed by atoms with E-state index in [2.05, 4.69) is 54.2 Å². The van der Waals surface area contributed by atoms with E-state index in [4.69, 9.17) is 0 Å². The second kappa shape index (κ2) is 5.99. The monoisotopic (exact) mass is 245 g/mol. The third-order valence-electron chi connectivity index (χ3n) is 3.20. The van der Waals surface area contributed by atoms with Crippen LogP contribution in [0.1, 0.15) is 22.3 Å². The van der Waals surface area contributed by atoms with Gasteiger partial charge in [0.25, 0.3) is 0 Å². The second-order valence-corrected chi connectivity index (χ2v) is 5.20. The molecule has 0 atom stereocenters. The highest BCUT2D eigenvalue weighted by atomic mass is 32.1. The standard InChI is InChI=1S/C15H19NS/c1-12-4-3-5-15(13(12)2)10-16-8-6-14-7-9-17-11-14/h3-5,7,9,11,16H,6,8,10H2,1-2H3. The van der Waals surface area contributed by atoms with Gasteiger partial charge in [-0.05, 0) is 65.9 Å². The van der Waals surface area contributed by atoms with Gasteiger partial charge in [-0.25, -0.2) is 0 Å². The summed E-state index contributed by atoms with van der Waals surface area (Å²) in [5.41, 5.74) is 5.64. The summed E-state index contributed by atoms with van der Waals surface area (Å²) in [4.78, 5) is 0. The summed E-state index contributed by atoms with van der Waals surface area (Å²) in [5, 5.41) is 7.87. The summed E-state index contributed by atoms with van der Waals surface area (Å²) < 4.78 is 0. The summed E-state index contributed by atoms with van der Waals surface area (Å²) in [6, 6.07) is 8.71. The average Bonchev–Trinajstić information content (AvgIpc) is 2.83. The van der Waals surface area contributed by atoms with Crippen LogP contribution in [0.25, 0.3) is 0 Å². The predicted molar refractivity (Wildman–Crippen MR) is 75.6 cm³/mol. The van der Waals surface area contributed by atoms with Gasteiger partial charge >= 0.3 is 0 Å². The van der Waals surface area contributed by atoms with Crippen LogP contribution < -0.4 is 5.32 Å². The summed E-state index contributed by atoms with van der Waals surface area (Å²) in [6.45, 7) is 6.39. The lowest BCUT2D eigenvalue weighted by Crippen LogP contribution is -2.17. The number of nitrogens with one attached hydrogen (secondary N) is 1. The van der Waals surface area contributed by atoms with Gasteiger partial charge in [-0.2, -0.15) is 11.3 Å². The maximum Gasteiger partial charge on any atom is 0.0208 e. The van der Waals surface area contributed by atoms with Gasteiger partial charge in [-0.1, -0.05) is 18.2 Å². The van der Waals surface area contributed by atoms with Gasteiger partial charge in [0.15, 0.2) is 0 Å². The van der Waals surface area contributed by atoms with Crippen molar-refractivity contribution in [2.24, 2.45) is 0 Å². The van der Waals surface area contributed by atoms with E-state index in [0.29, 0.717) is 0 Å². The number of hydrogen-bond donors (Lipinski definition) is 1. The van der Waals surface area contributed by atoms with Crippen molar-refractivity contribution < 1.29 is 0 Å². The minimum Gasteiger partial charge on any atom is -0.312 e. The van der Waals surface area contributed by atoms with Gasteiger partial charge in [0.05, 0.1) is 0 Å².